The van der Waals surface area contributed by atoms with Gasteiger partial charge in [-0.2, -0.15) is 11.8 Å². The summed E-state index contributed by atoms with van der Waals surface area (Å²) in [6.45, 7) is 7.19. The summed E-state index contributed by atoms with van der Waals surface area (Å²) < 4.78 is 5.47. The van der Waals surface area contributed by atoms with Crippen LogP contribution in [0.25, 0.3) is 0 Å². The summed E-state index contributed by atoms with van der Waals surface area (Å²) in [5.41, 5.74) is 1.57. The fraction of sp³-hybridized carbons (Fsp3) is 0.533. The molecule has 2 aliphatic heterocycles. The lowest BCUT2D eigenvalue weighted by Crippen LogP contribution is -2.60. The average Bonchev–Trinajstić information content (AvgIpc) is 3.34. The van der Waals surface area contributed by atoms with E-state index < -0.39 is 18.2 Å². The minimum Gasteiger partial charge on any atom is -0.445 e. The van der Waals surface area contributed by atoms with Crippen molar-refractivity contribution in [1.82, 2.24) is 15.5 Å². The maximum Gasteiger partial charge on any atom is 0.407 e. The van der Waals surface area contributed by atoms with Gasteiger partial charge in [-0.05, 0) is 62.8 Å². The molecule has 4 rings (SSSR count). The molecule has 8 heteroatoms. The van der Waals surface area contributed by atoms with E-state index in [0.29, 0.717) is 24.1 Å². The van der Waals surface area contributed by atoms with Crippen LogP contribution in [0.5, 0.6) is 0 Å². The number of hydrogen-bond donors (Lipinski definition) is 3. The number of carbonyl (C=O) groups excluding carboxylic acids is 2. The average molecular weight is 540 g/mol. The van der Waals surface area contributed by atoms with Crippen molar-refractivity contribution < 1.29 is 19.4 Å². The predicted octanol–water partition coefficient (Wildman–Crippen LogP) is 4.00. The Morgan fingerprint density at radius 1 is 1.08 bits per heavy atom. The monoisotopic (exact) mass is 539 g/mol. The Morgan fingerprint density at radius 2 is 1.74 bits per heavy atom. The van der Waals surface area contributed by atoms with Gasteiger partial charge in [0.05, 0.1) is 18.2 Å². The van der Waals surface area contributed by atoms with E-state index in [-0.39, 0.29) is 24.1 Å². The van der Waals surface area contributed by atoms with E-state index in [1.165, 1.54) is 0 Å². The Morgan fingerprint density at radius 3 is 2.39 bits per heavy atom. The second kappa shape index (κ2) is 13.0. The van der Waals surface area contributed by atoms with Gasteiger partial charge in [0.2, 0.25) is 5.91 Å². The summed E-state index contributed by atoms with van der Waals surface area (Å²) in [5, 5.41) is 18.0. The van der Waals surface area contributed by atoms with E-state index in [2.05, 4.69) is 15.5 Å². The van der Waals surface area contributed by atoms with Crippen molar-refractivity contribution in [2.45, 2.75) is 75.6 Å². The minimum absolute atomic E-state index is 0.00508. The number of benzene rings is 2. The van der Waals surface area contributed by atoms with Crippen LogP contribution < -0.4 is 10.6 Å². The highest BCUT2D eigenvalue weighted by Crippen LogP contribution is 2.40. The molecule has 2 heterocycles. The van der Waals surface area contributed by atoms with E-state index in [4.69, 9.17) is 4.74 Å². The molecule has 7 nitrogen and oxygen atoms in total. The van der Waals surface area contributed by atoms with Gasteiger partial charge in [0, 0.05) is 23.9 Å². The van der Waals surface area contributed by atoms with Gasteiger partial charge >= 0.3 is 6.09 Å². The van der Waals surface area contributed by atoms with Crippen molar-refractivity contribution in [3.8, 4) is 0 Å². The molecule has 5 atom stereocenters. The standard InChI is InChI=1S/C30H41N3O4S/c1-30(2,3)32-28(35)25-17-27-23(14-15-38-27)18-33(25)19-26(34)24(16-21-10-6-4-7-11-21)31-29(36)37-20-22-12-8-5-9-13-22/h4-13,23-27,34H,14-20H2,1-3H3,(H,31,36)(H,32,35)/t23-,24+,25+,26?,27+/m1/s1. The number of aliphatic hydroxyl groups is 1. The van der Waals surface area contributed by atoms with Crippen molar-refractivity contribution in [2.24, 2.45) is 5.92 Å². The van der Waals surface area contributed by atoms with Gasteiger partial charge in [-0.15, -0.1) is 0 Å². The third-order valence-corrected chi connectivity index (χ3v) is 8.69. The summed E-state index contributed by atoms with van der Waals surface area (Å²) in [7, 11) is 0. The normalized spacial score (nSPS) is 23.2. The van der Waals surface area contributed by atoms with E-state index in [1.54, 1.807) is 0 Å². The number of likely N-dealkylation sites (tertiary alicyclic amines) is 1. The Hall–Kier alpha value is -2.55. The number of nitrogens with zero attached hydrogens (tertiary/aromatic N) is 1. The third kappa shape index (κ3) is 8.22. The lowest BCUT2D eigenvalue weighted by molar-refractivity contribution is -0.130. The van der Waals surface area contributed by atoms with Crippen LogP contribution in [0, 0.1) is 5.92 Å². The molecule has 0 aromatic heterocycles. The number of thioether (sulfide) groups is 1. The smallest absolute Gasteiger partial charge is 0.407 e. The van der Waals surface area contributed by atoms with Gasteiger partial charge < -0.3 is 20.5 Å². The fourth-order valence-electron chi connectivity index (χ4n) is 5.32. The molecule has 0 saturated carbocycles. The first kappa shape index (κ1) is 28.5. The number of hydrogen-bond acceptors (Lipinski definition) is 6. The summed E-state index contributed by atoms with van der Waals surface area (Å²) in [6.07, 6.45) is 0.918. The number of fused-ring (bicyclic) bond motifs is 1. The topological polar surface area (TPSA) is 90.9 Å². The molecule has 1 unspecified atom stereocenters. The van der Waals surface area contributed by atoms with Crippen molar-refractivity contribution in [3.05, 3.63) is 71.8 Å². The fourth-order valence-corrected chi connectivity index (χ4v) is 6.88. The van der Waals surface area contributed by atoms with Gasteiger partial charge in [0.1, 0.15) is 6.61 Å². The SMILES string of the molecule is CC(C)(C)NC(=O)[C@@H]1C[C@@H]2SCC[C@@H]2CN1CC(O)[C@H](Cc1ccccc1)NC(=O)OCc1ccccc1. The minimum atomic E-state index is -0.880. The van der Waals surface area contributed by atoms with Crippen LogP contribution in [0.4, 0.5) is 4.79 Å². The zero-order valence-electron chi connectivity index (χ0n) is 22.6. The molecule has 38 heavy (non-hydrogen) atoms. The molecule has 3 N–H and O–H groups in total. The summed E-state index contributed by atoms with van der Waals surface area (Å²) in [5.74, 6) is 1.64. The molecule has 0 aliphatic carbocycles. The van der Waals surface area contributed by atoms with Crippen LogP contribution in [0.2, 0.25) is 0 Å². The summed E-state index contributed by atoms with van der Waals surface area (Å²) >= 11 is 1.96. The number of alkyl carbamates (subject to hydrolysis) is 1. The van der Waals surface area contributed by atoms with E-state index in [9.17, 15) is 14.7 Å². The molecule has 2 fully saturated rings. The summed E-state index contributed by atoms with van der Waals surface area (Å²) in [6, 6.07) is 18.4. The van der Waals surface area contributed by atoms with Crippen molar-refractivity contribution in [2.75, 3.05) is 18.8 Å². The van der Waals surface area contributed by atoms with Gasteiger partial charge in [-0.3, -0.25) is 9.69 Å². The molecule has 2 aromatic rings. The Kier molecular flexibility index (Phi) is 9.74. The van der Waals surface area contributed by atoms with Gasteiger partial charge in [0.15, 0.2) is 0 Å². The highest BCUT2D eigenvalue weighted by atomic mass is 32.2. The first-order valence-electron chi connectivity index (χ1n) is 13.5. The van der Waals surface area contributed by atoms with Crippen molar-refractivity contribution in [3.63, 3.8) is 0 Å². The highest BCUT2D eigenvalue weighted by Gasteiger charge is 2.43. The van der Waals surface area contributed by atoms with E-state index in [1.807, 2.05) is 93.2 Å². The number of amides is 2. The third-order valence-electron chi connectivity index (χ3n) is 7.21. The Balaban J connectivity index is 1.46. The second-order valence-corrected chi connectivity index (χ2v) is 12.8. The Labute approximate surface area is 230 Å². The van der Waals surface area contributed by atoms with Gasteiger partial charge in [0.25, 0.3) is 0 Å². The number of aliphatic hydroxyl groups excluding tert-OH is 1. The molecule has 206 valence electrons. The molecule has 2 aromatic carbocycles. The van der Waals surface area contributed by atoms with Gasteiger partial charge in [-0.25, -0.2) is 4.79 Å². The maximum atomic E-state index is 13.3. The zero-order valence-corrected chi connectivity index (χ0v) is 23.5. The number of carbonyl (C=O) groups is 2. The number of ether oxygens (including phenoxy) is 1. The zero-order chi connectivity index (χ0) is 27.1. The first-order chi connectivity index (χ1) is 18.2. The van der Waals surface area contributed by atoms with Crippen LogP contribution in [0.3, 0.4) is 0 Å². The molecule has 0 bridgehead atoms. The van der Waals surface area contributed by atoms with Crippen LogP contribution in [0.1, 0.15) is 44.7 Å². The molecule has 0 spiro atoms. The Bertz CT molecular complexity index is 1050. The highest BCUT2D eigenvalue weighted by molar-refractivity contribution is 8.00. The van der Waals surface area contributed by atoms with Crippen molar-refractivity contribution in [1.29, 1.82) is 0 Å². The number of rotatable bonds is 9. The van der Waals surface area contributed by atoms with Crippen LogP contribution in [0.15, 0.2) is 60.7 Å². The quantitative estimate of drug-likeness (QED) is 0.446. The number of β-amino-alcohol motifs (C(OH)–C–C–N with tert-alkyl or cyclic N) is 1. The number of nitrogens with one attached hydrogen (secondary N) is 2. The summed E-state index contributed by atoms with van der Waals surface area (Å²) in [4.78, 5) is 28.2. The van der Waals surface area contributed by atoms with Crippen LogP contribution >= 0.6 is 11.8 Å². The number of piperidine rings is 1. The molecule has 2 amide bonds. The van der Waals surface area contributed by atoms with Crippen LogP contribution in [-0.4, -0.2) is 69.8 Å². The lowest BCUT2D eigenvalue weighted by atomic mass is 9.89. The molecule has 0 radical (unpaired) electrons. The lowest BCUT2D eigenvalue weighted by Gasteiger charge is -2.43. The van der Waals surface area contributed by atoms with E-state index >= 15 is 0 Å². The first-order valence-corrected chi connectivity index (χ1v) is 14.6. The molecular formula is C30H41N3O4S. The predicted molar refractivity (Wildman–Crippen MR) is 152 cm³/mol. The molecular weight excluding hydrogens is 498 g/mol. The largest absolute Gasteiger partial charge is 0.445 e. The maximum absolute atomic E-state index is 13.3. The molecule has 2 saturated heterocycles. The second-order valence-electron chi connectivity index (χ2n) is 11.5. The molecule has 2 aliphatic rings. The van der Waals surface area contributed by atoms with Crippen molar-refractivity contribution >= 4 is 23.8 Å². The van der Waals surface area contributed by atoms with Crippen LogP contribution in [-0.2, 0) is 22.6 Å². The van der Waals surface area contributed by atoms with Gasteiger partial charge in [-0.1, -0.05) is 60.7 Å². The van der Waals surface area contributed by atoms with E-state index in [0.717, 1.165) is 36.3 Å².